The molecule has 0 spiro atoms. The molecule has 19 heavy (non-hydrogen) atoms. The topological polar surface area (TPSA) is 12.0 Å². The molecular formula is C18H27N. The fourth-order valence-corrected chi connectivity index (χ4v) is 4.24. The fourth-order valence-electron chi connectivity index (χ4n) is 4.24. The van der Waals surface area contributed by atoms with Gasteiger partial charge in [0, 0.05) is 6.04 Å². The molecule has 0 heterocycles. The standard InChI is InChI=1S/C18H27N/c1-4-12(2)11-16(19-3)18-15-10-9-13-7-5-6-8-14(13)17(15)18/h5-8,12,15-19H,4,9-11H2,1-3H3. The van der Waals surface area contributed by atoms with Crippen molar-refractivity contribution < 1.29 is 0 Å². The molecular weight excluding hydrogens is 230 g/mol. The number of fused-ring (bicyclic) bond motifs is 3. The maximum Gasteiger partial charge on any atom is 0.0104 e. The maximum absolute atomic E-state index is 3.62. The Kier molecular flexibility index (Phi) is 3.66. The van der Waals surface area contributed by atoms with Crippen LogP contribution in [0.15, 0.2) is 24.3 Å². The Balaban J connectivity index is 1.75. The van der Waals surface area contributed by atoms with Crippen LogP contribution in [-0.4, -0.2) is 13.1 Å². The van der Waals surface area contributed by atoms with Gasteiger partial charge in [-0.25, -0.2) is 0 Å². The molecule has 0 aliphatic heterocycles. The van der Waals surface area contributed by atoms with E-state index in [-0.39, 0.29) is 0 Å². The largest absolute Gasteiger partial charge is 0.317 e. The van der Waals surface area contributed by atoms with Gasteiger partial charge in [-0.2, -0.15) is 0 Å². The van der Waals surface area contributed by atoms with E-state index in [1.54, 1.807) is 11.1 Å². The van der Waals surface area contributed by atoms with Gasteiger partial charge in [0.25, 0.3) is 0 Å². The summed E-state index contributed by atoms with van der Waals surface area (Å²) in [7, 11) is 2.16. The van der Waals surface area contributed by atoms with Crippen LogP contribution in [0.5, 0.6) is 0 Å². The number of aryl methyl sites for hydroxylation is 1. The number of benzene rings is 1. The van der Waals surface area contributed by atoms with Crippen molar-refractivity contribution in [2.45, 2.75) is 51.5 Å². The third-order valence-corrected chi connectivity index (χ3v) is 5.58. The van der Waals surface area contributed by atoms with Gasteiger partial charge in [0.05, 0.1) is 0 Å². The van der Waals surface area contributed by atoms with E-state index in [4.69, 9.17) is 0 Å². The molecule has 5 unspecified atom stereocenters. The summed E-state index contributed by atoms with van der Waals surface area (Å²) < 4.78 is 0. The van der Waals surface area contributed by atoms with Gasteiger partial charge in [-0.05, 0) is 61.1 Å². The van der Waals surface area contributed by atoms with Gasteiger partial charge >= 0.3 is 0 Å². The summed E-state index contributed by atoms with van der Waals surface area (Å²) in [6.45, 7) is 4.71. The van der Waals surface area contributed by atoms with E-state index >= 15 is 0 Å². The highest BCUT2D eigenvalue weighted by Gasteiger charge is 2.55. The number of hydrogen-bond acceptors (Lipinski definition) is 1. The van der Waals surface area contributed by atoms with Crippen LogP contribution in [0.25, 0.3) is 0 Å². The molecule has 0 saturated heterocycles. The van der Waals surface area contributed by atoms with Crippen LogP contribution in [0, 0.1) is 17.8 Å². The second-order valence-corrected chi connectivity index (χ2v) is 6.65. The van der Waals surface area contributed by atoms with Crippen LogP contribution >= 0.6 is 0 Å². The van der Waals surface area contributed by atoms with E-state index in [9.17, 15) is 0 Å². The van der Waals surface area contributed by atoms with Crippen molar-refractivity contribution >= 4 is 0 Å². The number of rotatable bonds is 5. The Morgan fingerprint density at radius 1 is 1.32 bits per heavy atom. The molecule has 1 aromatic carbocycles. The van der Waals surface area contributed by atoms with Crippen molar-refractivity contribution in [2.75, 3.05) is 7.05 Å². The summed E-state index contributed by atoms with van der Waals surface area (Å²) >= 11 is 0. The third kappa shape index (κ3) is 2.33. The van der Waals surface area contributed by atoms with Crippen molar-refractivity contribution in [3.63, 3.8) is 0 Å². The summed E-state index contributed by atoms with van der Waals surface area (Å²) in [6.07, 6.45) is 5.35. The van der Waals surface area contributed by atoms with Crippen molar-refractivity contribution in [1.29, 1.82) is 0 Å². The predicted octanol–water partition coefficient (Wildman–Crippen LogP) is 3.99. The van der Waals surface area contributed by atoms with E-state index in [2.05, 4.69) is 50.5 Å². The Hall–Kier alpha value is -0.820. The van der Waals surface area contributed by atoms with E-state index in [1.165, 1.54) is 25.7 Å². The molecule has 2 aliphatic rings. The van der Waals surface area contributed by atoms with Crippen molar-refractivity contribution in [2.24, 2.45) is 17.8 Å². The average molecular weight is 257 g/mol. The van der Waals surface area contributed by atoms with Gasteiger partial charge in [0.2, 0.25) is 0 Å². The Bertz CT molecular complexity index is 439. The van der Waals surface area contributed by atoms with Crippen LogP contribution in [0.1, 0.15) is 50.2 Å². The first kappa shape index (κ1) is 13.2. The molecule has 1 heteroatoms. The molecule has 0 bridgehead atoms. The molecule has 5 atom stereocenters. The lowest BCUT2D eigenvalue weighted by atomic mass is 9.92. The summed E-state index contributed by atoms with van der Waals surface area (Å²) in [5, 5.41) is 3.62. The summed E-state index contributed by atoms with van der Waals surface area (Å²) in [5.41, 5.74) is 3.28. The van der Waals surface area contributed by atoms with Gasteiger partial charge in [-0.1, -0.05) is 44.5 Å². The number of hydrogen-bond donors (Lipinski definition) is 1. The lowest BCUT2D eigenvalue weighted by Gasteiger charge is -2.20. The smallest absolute Gasteiger partial charge is 0.0104 e. The predicted molar refractivity (Wildman–Crippen MR) is 81.4 cm³/mol. The zero-order valence-electron chi connectivity index (χ0n) is 12.5. The van der Waals surface area contributed by atoms with E-state index in [1.807, 2.05) is 0 Å². The first-order valence-electron chi connectivity index (χ1n) is 8.01. The minimum Gasteiger partial charge on any atom is -0.317 e. The minimum atomic E-state index is 0.719. The van der Waals surface area contributed by atoms with Crippen LogP contribution in [0.2, 0.25) is 0 Å². The zero-order chi connectivity index (χ0) is 13.4. The molecule has 1 aromatic rings. The lowest BCUT2D eigenvalue weighted by molar-refractivity contribution is 0.366. The van der Waals surface area contributed by atoms with Gasteiger partial charge < -0.3 is 5.32 Å². The molecule has 3 rings (SSSR count). The Morgan fingerprint density at radius 2 is 2.11 bits per heavy atom. The van der Waals surface area contributed by atoms with Crippen LogP contribution in [0.3, 0.4) is 0 Å². The van der Waals surface area contributed by atoms with Crippen molar-refractivity contribution in [1.82, 2.24) is 5.32 Å². The second kappa shape index (κ2) is 5.28. The highest BCUT2D eigenvalue weighted by Crippen LogP contribution is 2.61. The van der Waals surface area contributed by atoms with E-state index in [0.717, 1.165) is 29.7 Å². The van der Waals surface area contributed by atoms with E-state index in [0.29, 0.717) is 0 Å². The molecule has 104 valence electrons. The van der Waals surface area contributed by atoms with Crippen LogP contribution in [0.4, 0.5) is 0 Å². The number of nitrogens with one attached hydrogen (secondary N) is 1. The quantitative estimate of drug-likeness (QED) is 0.841. The highest BCUT2D eigenvalue weighted by atomic mass is 14.9. The van der Waals surface area contributed by atoms with Crippen molar-refractivity contribution in [3.05, 3.63) is 35.4 Å². The monoisotopic (exact) mass is 257 g/mol. The molecule has 1 N–H and O–H groups in total. The summed E-state index contributed by atoms with van der Waals surface area (Å²) in [6, 6.07) is 9.85. The Morgan fingerprint density at radius 3 is 2.84 bits per heavy atom. The normalized spacial score (nSPS) is 31.2. The molecule has 1 saturated carbocycles. The maximum atomic E-state index is 3.62. The van der Waals surface area contributed by atoms with E-state index < -0.39 is 0 Å². The van der Waals surface area contributed by atoms with Gasteiger partial charge in [-0.3, -0.25) is 0 Å². The van der Waals surface area contributed by atoms with Crippen LogP contribution < -0.4 is 5.32 Å². The SMILES string of the molecule is CCC(C)CC(NC)C1C2CCc3ccccc3C21. The molecule has 1 nitrogen and oxygen atoms in total. The summed E-state index contributed by atoms with van der Waals surface area (Å²) in [5.74, 6) is 3.54. The first-order chi connectivity index (χ1) is 9.26. The Labute approximate surface area is 117 Å². The summed E-state index contributed by atoms with van der Waals surface area (Å²) in [4.78, 5) is 0. The molecule has 1 fully saturated rings. The highest BCUT2D eigenvalue weighted by molar-refractivity contribution is 5.40. The minimum absolute atomic E-state index is 0.719. The average Bonchev–Trinajstić information content (AvgIpc) is 3.19. The zero-order valence-corrected chi connectivity index (χ0v) is 12.5. The second-order valence-electron chi connectivity index (χ2n) is 6.65. The fraction of sp³-hybridized carbons (Fsp3) is 0.667. The molecule has 0 aromatic heterocycles. The molecule has 0 radical (unpaired) electrons. The van der Waals surface area contributed by atoms with Crippen molar-refractivity contribution in [3.8, 4) is 0 Å². The van der Waals surface area contributed by atoms with Crippen LogP contribution in [-0.2, 0) is 6.42 Å². The first-order valence-corrected chi connectivity index (χ1v) is 8.01. The molecule has 0 amide bonds. The third-order valence-electron chi connectivity index (χ3n) is 5.58. The van der Waals surface area contributed by atoms with Gasteiger partial charge in [0.15, 0.2) is 0 Å². The van der Waals surface area contributed by atoms with Gasteiger partial charge in [0.1, 0.15) is 0 Å². The lowest BCUT2D eigenvalue weighted by Crippen LogP contribution is -2.30. The van der Waals surface area contributed by atoms with Gasteiger partial charge in [-0.15, -0.1) is 0 Å². The molecule has 2 aliphatic carbocycles.